The molecule has 0 spiro atoms. The van der Waals surface area contributed by atoms with Crippen LogP contribution in [0.5, 0.6) is 5.75 Å². The van der Waals surface area contributed by atoms with Gasteiger partial charge in [-0.15, -0.1) is 0 Å². The zero-order valence-corrected chi connectivity index (χ0v) is 24.5. The summed E-state index contributed by atoms with van der Waals surface area (Å²) in [6, 6.07) is 13.3. The number of alkyl halides is 3. The van der Waals surface area contributed by atoms with Gasteiger partial charge in [-0.25, -0.2) is 19.3 Å². The molecule has 1 aliphatic rings. The number of ether oxygens (including phenoxy) is 1. The smallest absolute Gasteiger partial charge is 0.424 e. The molecule has 240 valence electrons. The number of nitrogens with one attached hydrogen (secondary N) is 2. The predicted molar refractivity (Wildman–Crippen MR) is 161 cm³/mol. The van der Waals surface area contributed by atoms with Crippen molar-refractivity contribution in [3.05, 3.63) is 102 Å². The summed E-state index contributed by atoms with van der Waals surface area (Å²) < 4.78 is 63.8. The Morgan fingerprint density at radius 3 is 2.51 bits per heavy atom. The number of aromatic nitrogens is 4. The second kappa shape index (κ2) is 11.6. The number of anilines is 2. The number of benzene rings is 2. The zero-order chi connectivity index (χ0) is 33.6. The summed E-state index contributed by atoms with van der Waals surface area (Å²) >= 11 is 0. The van der Waals surface area contributed by atoms with Gasteiger partial charge in [0.1, 0.15) is 41.4 Å². The number of carbonyl (C=O) groups is 2. The number of nitrogens with two attached hydrogens (primary N) is 1. The minimum Gasteiger partial charge on any atom is -0.489 e. The Labute approximate surface area is 263 Å². The van der Waals surface area contributed by atoms with Crippen LogP contribution in [-0.2, 0) is 15.8 Å². The quantitative estimate of drug-likeness (QED) is 0.180. The second-order valence-corrected chi connectivity index (χ2v) is 11.1. The number of carbonyl (C=O) groups excluding carboxylic acids is 2. The van der Waals surface area contributed by atoms with Crippen molar-refractivity contribution >= 4 is 34.2 Å². The van der Waals surface area contributed by atoms with Gasteiger partial charge in [0.05, 0.1) is 23.4 Å². The molecule has 11 nitrogen and oxygen atoms in total. The first-order chi connectivity index (χ1) is 22.3. The largest absolute Gasteiger partial charge is 0.489 e. The van der Waals surface area contributed by atoms with Crippen molar-refractivity contribution < 1.29 is 37.0 Å². The Kier molecular flexibility index (Phi) is 7.71. The van der Waals surface area contributed by atoms with Gasteiger partial charge in [0.15, 0.2) is 0 Å². The summed E-state index contributed by atoms with van der Waals surface area (Å²) in [5.74, 6) is -2.11. The molecule has 0 aliphatic carbocycles. The molecule has 15 heteroatoms. The lowest BCUT2D eigenvalue weighted by molar-refractivity contribution is -0.265. The topological polar surface area (TPSA) is 165 Å². The normalized spacial score (nSPS) is 17.0. The van der Waals surface area contributed by atoms with E-state index in [1.54, 1.807) is 18.2 Å². The van der Waals surface area contributed by atoms with Crippen molar-refractivity contribution in [2.24, 2.45) is 5.73 Å². The average molecular weight is 648 g/mol. The molecule has 5 N–H and O–H groups in total. The number of hydrogen-bond acceptors (Lipinski definition) is 9. The monoisotopic (exact) mass is 647 g/mol. The fourth-order valence-electron chi connectivity index (χ4n) is 5.17. The van der Waals surface area contributed by atoms with Gasteiger partial charge >= 0.3 is 6.18 Å². The summed E-state index contributed by atoms with van der Waals surface area (Å²) in [5, 5.41) is 17.0. The number of amides is 2. The van der Waals surface area contributed by atoms with Crippen molar-refractivity contribution in [3.63, 3.8) is 0 Å². The minimum atomic E-state index is -5.38. The van der Waals surface area contributed by atoms with Gasteiger partial charge in [-0.2, -0.15) is 13.2 Å². The highest BCUT2D eigenvalue weighted by Crippen LogP contribution is 2.47. The maximum Gasteiger partial charge on any atom is 0.424 e. The Morgan fingerprint density at radius 2 is 1.83 bits per heavy atom. The predicted octanol–water partition coefficient (Wildman–Crippen LogP) is 4.28. The second-order valence-electron chi connectivity index (χ2n) is 11.1. The van der Waals surface area contributed by atoms with Gasteiger partial charge in [-0.1, -0.05) is 6.07 Å². The van der Waals surface area contributed by atoms with E-state index >= 15 is 0 Å². The van der Waals surface area contributed by atoms with Crippen molar-refractivity contribution in [1.29, 1.82) is 0 Å². The summed E-state index contributed by atoms with van der Waals surface area (Å²) in [6.45, 7) is -0.284. The van der Waals surface area contributed by atoms with Crippen molar-refractivity contribution in [2.45, 2.75) is 24.1 Å². The Bertz CT molecular complexity index is 2010. The molecular formula is C32H25F4N7O4. The fourth-order valence-corrected chi connectivity index (χ4v) is 5.17. The highest BCUT2D eigenvalue weighted by molar-refractivity contribution is 6.02. The number of nitrogens with zero attached hydrogens (tertiary/aromatic N) is 4. The summed E-state index contributed by atoms with van der Waals surface area (Å²) in [5.41, 5.74) is 0.0244. The Balaban J connectivity index is 1.40. The number of halogens is 4. The number of hydrogen-bond donors (Lipinski definition) is 4. The highest BCUT2D eigenvalue weighted by atomic mass is 19.4. The Hall–Kier alpha value is -5.70. The van der Waals surface area contributed by atoms with Crippen LogP contribution in [0.3, 0.4) is 0 Å². The molecule has 0 saturated carbocycles. The number of rotatable bonds is 8. The van der Waals surface area contributed by atoms with Gasteiger partial charge in [-0.05, 0) is 61.5 Å². The van der Waals surface area contributed by atoms with E-state index in [0.717, 1.165) is 18.2 Å². The van der Waals surface area contributed by atoms with Crippen LogP contribution in [0.15, 0.2) is 79.4 Å². The molecule has 2 aromatic carbocycles. The molecule has 0 fully saturated rings. The average Bonchev–Trinajstić information content (AvgIpc) is 3.41. The van der Waals surface area contributed by atoms with Crippen LogP contribution >= 0.6 is 0 Å². The van der Waals surface area contributed by atoms with Gasteiger partial charge in [0.25, 0.3) is 5.91 Å². The first kappa shape index (κ1) is 31.3. The first-order valence-corrected chi connectivity index (χ1v) is 14.0. The van der Waals surface area contributed by atoms with E-state index in [4.69, 9.17) is 10.5 Å². The van der Waals surface area contributed by atoms with Crippen LogP contribution in [0, 0.1) is 5.82 Å². The lowest BCUT2D eigenvalue weighted by Gasteiger charge is -2.31. The van der Waals surface area contributed by atoms with E-state index in [-0.39, 0.29) is 34.7 Å². The van der Waals surface area contributed by atoms with Gasteiger partial charge in [-0.3, -0.25) is 14.6 Å². The lowest BCUT2D eigenvalue weighted by Crippen LogP contribution is -2.51. The van der Waals surface area contributed by atoms with Crippen molar-refractivity contribution in [1.82, 2.24) is 25.3 Å². The zero-order valence-electron chi connectivity index (χ0n) is 24.5. The standard InChI is InChI=1S/C32H25F4N7O4/c1-30(29(37)45)15-47-27-21(30)13-23(43-26(27)17-4-6-20(33)7-5-17)31(46,32(34,35)36)14-40-28(44)19-11-18-3-2-9-39-25(18)22(12-19)42-24-8-10-38-16-41-24/h2-13,16,46H,14-15H2,1H3,(H2,37,45)(H,40,44)(H,38,41,42)/t30-,31-/m0/s1. The van der Waals surface area contributed by atoms with E-state index in [9.17, 15) is 32.3 Å². The number of primary amides is 1. The van der Waals surface area contributed by atoms with Crippen LogP contribution in [0.2, 0.25) is 0 Å². The molecule has 4 heterocycles. The third-order valence-corrected chi connectivity index (χ3v) is 7.94. The molecule has 2 amide bonds. The molecule has 1 aliphatic heterocycles. The summed E-state index contributed by atoms with van der Waals surface area (Å²) in [7, 11) is 0. The van der Waals surface area contributed by atoms with E-state index < -0.39 is 47.1 Å². The minimum absolute atomic E-state index is 0.0382. The Morgan fingerprint density at radius 1 is 1.06 bits per heavy atom. The molecule has 47 heavy (non-hydrogen) atoms. The highest BCUT2D eigenvalue weighted by Gasteiger charge is 2.57. The van der Waals surface area contributed by atoms with Crippen LogP contribution in [0.1, 0.15) is 28.5 Å². The maximum absolute atomic E-state index is 14.8. The molecule has 0 saturated heterocycles. The van der Waals surface area contributed by atoms with E-state index in [2.05, 4.69) is 30.6 Å². The molecule has 6 rings (SSSR count). The SMILES string of the molecule is C[C@]1(C(N)=O)COc2c1cc([C@@](O)(CNC(=O)c1cc(Nc3ccncn3)c3ncccc3c1)C(F)(F)F)nc2-c1ccc(F)cc1. The third-order valence-electron chi connectivity index (χ3n) is 7.94. The molecule has 3 aromatic heterocycles. The summed E-state index contributed by atoms with van der Waals surface area (Å²) in [4.78, 5) is 42.2. The lowest BCUT2D eigenvalue weighted by atomic mass is 9.81. The van der Waals surface area contributed by atoms with Crippen LogP contribution in [0.25, 0.3) is 22.2 Å². The van der Waals surface area contributed by atoms with Gasteiger partial charge < -0.3 is 26.2 Å². The fraction of sp³-hybridized carbons (Fsp3) is 0.188. The third kappa shape index (κ3) is 5.65. The van der Waals surface area contributed by atoms with Gasteiger partial charge in [0, 0.05) is 34.5 Å². The molecule has 0 bridgehead atoms. The van der Waals surface area contributed by atoms with Crippen LogP contribution in [-0.4, -0.2) is 56.2 Å². The van der Waals surface area contributed by atoms with Gasteiger partial charge in [0.2, 0.25) is 11.5 Å². The van der Waals surface area contributed by atoms with Crippen molar-refractivity contribution in [3.8, 4) is 17.0 Å². The summed E-state index contributed by atoms with van der Waals surface area (Å²) in [6.07, 6.45) is -1.04. The molecule has 2 atom stereocenters. The number of fused-ring (bicyclic) bond motifs is 2. The first-order valence-electron chi connectivity index (χ1n) is 14.0. The van der Waals surface area contributed by atoms with Crippen molar-refractivity contribution in [2.75, 3.05) is 18.5 Å². The van der Waals surface area contributed by atoms with E-state index in [1.165, 1.54) is 49.9 Å². The van der Waals surface area contributed by atoms with Crippen LogP contribution < -0.4 is 21.1 Å². The van der Waals surface area contributed by atoms with E-state index in [1.807, 2.05) is 0 Å². The maximum atomic E-state index is 14.8. The molecule has 0 unspecified atom stereocenters. The van der Waals surface area contributed by atoms with E-state index in [0.29, 0.717) is 22.4 Å². The van der Waals surface area contributed by atoms with Crippen LogP contribution in [0.4, 0.5) is 29.1 Å². The number of aliphatic hydroxyl groups is 1. The molecular weight excluding hydrogens is 622 g/mol. The number of pyridine rings is 2. The molecule has 5 aromatic rings. The molecule has 0 radical (unpaired) electrons.